The van der Waals surface area contributed by atoms with Crippen LogP contribution in [0.15, 0.2) is 34.4 Å². The Balaban J connectivity index is 1.79. The smallest absolute Gasteiger partial charge is 0.248 e. The molecule has 4 rings (SSSR count). The highest BCUT2D eigenvalue weighted by molar-refractivity contribution is 7.14. The number of amides is 3. The number of nitrogens with zero attached hydrogens (tertiary/aromatic N) is 1. The fourth-order valence-corrected chi connectivity index (χ4v) is 6.29. The van der Waals surface area contributed by atoms with Crippen molar-refractivity contribution in [1.29, 1.82) is 0 Å². The summed E-state index contributed by atoms with van der Waals surface area (Å²) in [7, 11) is 6.18. The third kappa shape index (κ3) is 7.41. The monoisotopic (exact) mass is 651 g/mol. The van der Waals surface area contributed by atoms with Gasteiger partial charge in [0.05, 0.1) is 45.2 Å². The van der Waals surface area contributed by atoms with E-state index in [2.05, 4.69) is 26.3 Å². The maximum atomic E-state index is 13.9. The first kappa shape index (κ1) is 34.2. The molecule has 3 atom stereocenters. The van der Waals surface area contributed by atoms with E-state index in [4.69, 9.17) is 14.2 Å². The molecule has 0 bridgehead atoms. The molecular formula is C33H41N5O7S. The molecule has 246 valence electrons. The van der Waals surface area contributed by atoms with E-state index >= 15 is 0 Å². The number of thiazole rings is 1. The van der Waals surface area contributed by atoms with Crippen molar-refractivity contribution >= 4 is 39.9 Å². The van der Waals surface area contributed by atoms with Gasteiger partial charge in [0.15, 0.2) is 16.6 Å². The first-order valence-corrected chi connectivity index (χ1v) is 15.9. The molecule has 0 aliphatic heterocycles. The lowest BCUT2D eigenvalue weighted by Gasteiger charge is -2.23. The molecule has 4 N–H and O–H groups in total. The molecule has 0 fully saturated rings. The second-order valence-electron chi connectivity index (χ2n) is 11.1. The van der Waals surface area contributed by atoms with Gasteiger partial charge in [-0.1, -0.05) is 26.3 Å². The van der Waals surface area contributed by atoms with Crippen LogP contribution in [0.1, 0.15) is 56.5 Å². The summed E-state index contributed by atoms with van der Waals surface area (Å²) >= 11 is 1.22. The van der Waals surface area contributed by atoms with Crippen LogP contribution < -0.4 is 40.9 Å². The second kappa shape index (κ2) is 15.1. The Labute approximate surface area is 272 Å². The van der Waals surface area contributed by atoms with Crippen LogP contribution >= 0.6 is 11.3 Å². The van der Waals surface area contributed by atoms with Gasteiger partial charge >= 0.3 is 0 Å². The van der Waals surface area contributed by atoms with E-state index in [9.17, 15) is 19.2 Å². The minimum Gasteiger partial charge on any atom is -0.493 e. The summed E-state index contributed by atoms with van der Waals surface area (Å²) in [4.78, 5) is 55.8. The number of hydrogen-bond donors (Lipinski definition) is 4. The SMILES string of the molecule is CC[C@H](C)[C@@H](Nc1ccc2c(cc1=O)[C@H](NC(C)=O)CCc1cc(OC)c(OC)c(OC)c1-2)C(=O)Nc1nc(CC(=O)NC)cs1. The average molecular weight is 652 g/mol. The van der Waals surface area contributed by atoms with Crippen LogP contribution in [0.3, 0.4) is 0 Å². The number of fused-ring (bicyclic) bond motifs is 3. The number of methoxy groups -OCH3 is 3. The number of aryl methyl sites for hydroxylation is 1. The van der Waals surface area contributed by atoms with E-state index in [-0.39, 0.29) is 41.2 Å². The zero-order chi connectivity index (χ0) is 33.5. The molecule has 1 heterocycles. The number of benzene rings is 1. The molecule has 2 aromatic carbocycles. The van der Waals surface area contributed by atoms with E-state index < -0.39 is 12.1 Å². The second-order valence-corrected chi connectivity index (χ2v) is 11.9. The van der Waals surface area contributed by atoms with Crippen molar-refractivity contribution in [3.8, 4) is 28.4 Å². The molecule has 0 spiro atoms. The Morgan fingerprint density at radius 2 is 1.83 bits per heavy atom. The van der Waals surface area contributed by atoms with Crippen LogP contribution in [-0.2, 0) is 27.2 Å². The number of carbonyl (C=O) groups excluding carboxylic acids is 3. The van der Waals surface area contributed by atoms with Crippen LogP contribution in [0.25, 0.3) is 11.1 Å². The minimum atomic E-state index is -0.775. The molecule has 0 unspecified atom stereocenters. The predicted octanol–water partition coefficient (Wildman–Crippen LogP) is 4.07. The molecule has 0 saturated carbocycles. The van der Waals surface area contributed by atoms with Crippen molar-refractivity contribution in [2.45, 2.75) is 58.5 Å². The van der Waals surface area contributed by atoms with Crippen LogP contribution in [0, 0.1) is 5.92 Å². The summed E-state index contributed by atoms with van der Waals surface area (Å²) in [5, 5.41) is 13.7. The van der Waals surface area contributed by atoms with E-state index in [1.807, 2.05) is 26.0 Å². The zero-order valence-electron chi connectivity index (χ0n) is 27.2. The van der Waals surface area contributed by atoms with Crippen molar-refractivity contribution in [2.75, 3.05) is 39.0 Å². The fourth-order valence-electron chi connectivity index (χ4n) is 5.58. The third-order valence-corrected chi connectivity index (χ3v) is 8.93. The summed E-state index contributed by atoms with van der Waals surface area (Å²) in [6, 6.07) is 5.64. The van der Waals surface area contributed by atoms with E-state index in [1.165, 1.54) is 31.4 Å². The van der Waals surface area contributed by atoms with Crippen LogP contribution in [0.5, 0.6) is 17.2 Å². The highest BCUT2D eigenvalue weighted by Crippen LogP contribution is 2.50. The number of carbonyl (C=O) groups is 3. The maximum Gasteiger partial charge on any atom is 0.248 e. The molecule has 1 aliphatic carbocycles. The molecular weight excluding hydrogens is 610 g/mol. The lowest BCUT2D eigenvalue weighted by Crippen LogP contribution is -2.40. The Morgan fingerprint density at radius 3 is 2.46 bits per heavy atom. The normalized spacial score (nSPS) is 14.8. The lowest BCUT2D eigenvalue weighted by atomic mass is 9.95. The molecule has 0 radical (unpaired) electrons. The summed E-state index contributed by atoms with van der Waals surface area (Å²) in [5.74, 6) is 0.447. The number of aromatic nitrogens is 1. The molecule has 13 heteroatoms. The highest BCUT2D eigenvalue weighted by atomic mass is 32.1. The van der Waals surface area contributed by atoms with Gasteiger partial charge in [-0.3, -0.25) is 19.2 Å². The number of hydrogen-bond acceptors (Lipinski definition) is 10. The van der Waals surface area contributed by atoms with Gasteiger partial charge in [-0.15, -0.1) is 11.3 Å². The number of nitrogens with one attached hydrogen (secondary N) is 4. The average Bonchev–Trinajstić information content (AvgIpc) is 3.34. The zero-order valence-corrected chi connectivity index (χ0v) is 28.0. The number of likely N-dealkylation sites (N-methyl/N-ethyl adjacent to an activating group) is 1. The van der Waals surface area contributed by atoms with E-state index in [0.717, 1.165) is 11.1 Å². The standard InChI is InChI=1S/C33H41N5O7S/c1-8-17(2)29(32(42)38-33-36-20(16-46-33)14-27(41)34-4)37-24-12-10-21-22(15-25(24)40)23(35-18(3)39)11-9-19-13-26(43-5)30(44-6)31(45-7)28(19)21/h10,12-13,15-17,23,29H,8-9,11,14H2,1-7H3,(H,34,41)(H,35,39)(H,37,40)(H,36,38,42)/t17-,23+,29+/m0/s1. The number of anilines is 2. The highest BCUT2D eigenvalue weighted by Gasteiger charge is 2.30. The third-order valence-electron chi connectivity index (χ3n) is 8.12. The Morgan fingerprint density at radius 1 is 1.09 bits per heavy atom. The van der Waals surface area contributed by atoms with Crippen molar-refractivity contribution < 1.29 is 28.6 Å². The Hall–Kier alpha value is -4.65. The van der Waals surface area contributed by atoms with Crippen LogP contribution in [0.2, 0.25) is 0 Å². The number of ether oxygens (including phenoxy) is 3. The summed E-state index contributed by atoms with van der Waals surface area (Å²) in [6.07, 6.45) is 1.86. The van der Waals surface area contributed by atoms with Gasteiger partial charge in [-0.2, -0.15) is 0 Å². The molecule has 12 nitrogen and oxygen atoms in total. The molecule has 1 aromatic heterocycles. The first-order valence-electron chi connectivity index (χ1n) is 15.0. The topological polar surface area (TPSA) is 157 Å². The number of rotatable bonds is 12. The van der Waals surface area contributed by atoms with Crippen LogP contribution in [0.4, 0.5) is 10.8 Å². The van der Waals surface area contributed by atoms with Gasteiger partial charge in [-0.25, -0.2) is 4.98 Å². The van der Waals surface area contributed by atoms with E-state index in [1.54, 1.807) is 32.7 Å². The van der Waals surface area contributed by atoms with Crippen molar-refractivity contribution in [3.05, 3.63) is 56.7 Å². The minimum absolute atomic E-state index is 0.104. The summed E-state index contributed by atoms with van der Waals surface area (Å²) in [5.41, 5.74) is 3.37. The largest absolute Gasteiger partial charge is 0.493 e. The Kier molecular flexibility index (Phi) is 11.2. The van der Waals surface area contributed by atoms with Gasteiger partial charge in [0.2, 0.25) is 28.9 Å². The molecule has 46 heavy (non-hydrogen) atoms. The van der Waals surface area contributed by atoms with Crippen molar-refractivity contribution in [1.82, 2.24) is 15.6 Å². The van der Waals surface area contributed by atoms with Gasteiger partial charge in [0.25, 0.3) is 0 Å². The molecule has 3 aromatic rings. The van der Waals surface area contributed by atoms with Crippen LogP contribution in [-0.4, -0.2) is 57.1 Å². The molecule has 3 amide bonds. The maximum absolute atomic E-state index is 13.9. The first-order chi connectivity index (χ1) is 22.0. The Bertz CT molecular complexity index is 1670. The lowest BCUT2D eigenvalue weighted by molar-refractivity contribution is -0.120. The summed E-state index contributed by atoms with van der Waals surface area (Å²) in [6.45, 7) is 5.33. The van der Waals surface area contributed by atoms with Crippen molar-refractivity contribution in [3.63, 3.8) is 0 Å². The van der Waals surface area contributed by atoms with Crippen molar-refractivity contribution in [2.24, 2.45) is 5.92 Å². The predicted molar refractivity (Wildman–Crippen MR) is 178 cm³/mol. The van der Waals surface area contributed by atoms with Gasteiger partial charge in [-0.05, 0) is 53.6 Å². The quantitative estimate of drug-likeness (QED) is 0.227. The fraction of sp³-hybridized carbons (Fsp3) is 0.424. The summed E-state index contributed by atoms with van der Waals surface area (Å²) < 4.78 is 17.1. The van der Waals surface area contributed by atoms with Gasteiger partial charge in [0.1, 0.15) is 6.04 Å². The van der Waals surface area contributed by atoms with E-state index in [0.29, 0.717) is 58.5 Å². The molecule has 0 saturated heterocycles. The van der Waals surface area contributed by atoms with Gasteiger partial charge < -0.3 is 35.5 Å². The van der Waals surface area contributed by atoms with Gasteiger partial charge in [0, 0.05) is 24.9 Å². The molecule has 1 aliphatic rings.